The summed E-state index contributed by atoms with van der Waals surface area (Å²) in [6, 6.07) is 9.89. The third-order valence-corrected chi connectivity index (χ3v) is 4.51. The van der Waals surface area contributed by atoms with Crippen molar-refractivity contribution in [2.24, 2.45) is 5.92 Å². The molecule has 1 fully saturated rings. The molecule has 2 rings (SSSR count). The molecule has 4 nitrogen and oxygen atoms in total. The van der Waals surface area contributed by atoms with Crippen molar-refractivity contribution in [1.29, 1.82) is 0 Å². The number of β-amino-alcohol motifs (C(OH)–C–C–N with tert-alkyl or cyclic N) is 1. The molecule has 1 aliphatic rings. The summed E-state index contributed by atoms with van der Waals surface area (Å²) < 4.78 is 0. The third-order valence-electron chi connectivity index (χ3n) is 4.51. The predicted molar refractivity (Wildman–Crippen MR) is 83.9 cm³/mol. The normalized spacial score (nSPS) is 19.6. The molecule has 1 N–H and O–H groups in total. The van der Waals surface area contributed by atoms with Gasteiger partial charge in [0.2, 0.25) is 5.91 Å². The molecule has 0 saturated carbocycles. The monoisotopic (exact) mass is 290 g/mol. The van der Waals surface area contributed by atoms with Gasteiger partial charge in [0.05, 0.1) is 0 Å². The first-order chi connectivity index (χ1) is 9.93. The number of hydrogen-bond donors (Lipinski definition) is 1. The van der Waals surface area contributed by atoms with E-state index in [0.717, 1.165) is 31.7 Å². The van der Waals surface area contributed by atoms with E-state index < -0.39 is 5.60 Å². The Balaban J connectivity index is 2.07. The number of aliphatic hydroxyl groups is 1. The van der Waals surface area contributed by atoms with Crippen LogP contribution in [0.3, 0.4) is 0 Å². The number of rotatable bonds is 4. The quantitative estimate of drug-likeness (QED) is 0.918. The second kappa shape index (κ2) is 6.58. The molecule has 4 heteroatoms. The van der Waals surface area contributed by atoms with Crippen LogP contribution in [0.25, 0.3) is 0 Å². The van der Waals surface area contributed by atoms with Gasteiger partial charge in [0, 0.05) is 39.6 Å². The van der Waals surface area contributed by atoms with Gasteiger partial charge in [-0.15, -0.1) is 0 Å². The number of carbonyl (C=O) groups excluding carboxylic acids is 1. The van der Waals surface area contributed by atoms with Crippen LogP contribution >= 0.6 is 0 Å². The van der Waals surface area contributed by atoms with Crippen LogP contribution in [0.5, 0.6) is 0 Å². The second-order valence-electron chi connectivity index (χ2n) is 6.23. The molecule has 1 aromatic carbocycles. The molecule has 1 saturated heterocycles. The number of carbonyl (C=O) groups is 1. The SMILES string of the molecule is CC(=O)N1CCN(CC(O)(c2ccccc2)C(C)C)CC1. The van der Waals surface area contributed by atoms with E-state index in [-0.39, 0.29) is 11.8 Å². The first kappa shape index (κ1) is 16.0. The van der Waals surface area contributed by atoms with Gasteiger partial charge in [-0.3, -0.25) is 9.69 Å². The van der Waals surface area contributed by atoms with Crippen LogP contribution in [0.1, 0.15) is 26.3 Å². The van der Waals surface area contributed by atoms with E-state index in [1.165, 1.54) is 0 Å². The van der Waals surface area contributed by atoms with Crippen LogP contribution in [-0.4, -0.2) is 53.5 Å². The Morgan fingerprint density at radius 2 is 1.76 bits per heavy atom. The molecular weight excluding hydrogens is 264 g/mol. The Bertz CT molecular complexity index is 467. The minimum absolute atomic E-state index is 0.130. The number of nitrogens with zero attached hydrogens (tertiary/aromatic N) is 2. The van der Waals surface area contributed by atoms with E-state index >= 15 is 0 Å². The van der Waals surface area contributed by atoms with Gasteiger partial charge in [-0.25, -0.2) is 0 Å². The van der Waals surface area contributed by atoms with Gasteiger partial charge in [-0.05, 0) is 11.5 Å². The van der Waals surface area contributed by atoms with Crippen molar-refractivity contribution < 1.29 is 9.90 Å². The molecule has 0 aliphatic carbocycles. The van der Waals surface area contributed by atoms with Gasteiger partial charge in [0.1, 0.15) is 5.60 Å². The van der Waals surface area contributed by atoms with Crippen LogP contribution < -0.4 is 0 Å². The highest BCUT2D eigenvalue weighted by Gasteiger charge is 2.35. The van der Waals surface area contributed by atoms with Crippen molar-refractivity contribution in [2.75, 3.05) is 32.7 Å². The minimum atomic E-state index is -0.848. The topological polar surface area (TPSA) is 43.8 Å². The number of amides is 1. The Kier molecular flexibility index (Phi) is 5.01. The van der Waals surface area contributed by atoms with E-state index in [4.69, 9.17) is 0 Å². The van der Waals surface area contributed by atoms with Gasteiger partial charge in [-0.1, -0.05) is 44.2 Å². The summed E-state index contributed by atoms with van der Waals surface area (Å²) in [6.45, 7) is 9.47. The van der Waals surface area contributed by atoms with Gasteiger partial charge in [0.15, 0.2) is 0 Å². The molecule has 1 unspecified atom stereocenters. The molecule has 0 bridgehead atoms. The molecule has 1 atom stereocenters. The molecule has 1 heterocycles. The van der Waals surface area contributed by atoms with Crippen LogP contribution in [0.4, 0.5) is 0 Å². The first-order valence-corrected chi connectivity index (χ1v) is 7.69. The molecule has 21 heavy (non-hydrogen) atoms. The Hall–Kier alpha value is -1.39. The number of hydrogen-bond acceptors (Lipinski definition) is 3. The van der Waals surface area contributed by atoms with Crippen molar-refractivity contribution in [2.45, 2.75) is 26.4 Å². The summed E-state index contributed by atoms with van der Waals surface area (Å²) >= 11 is 0. The fourth-order valence-electron chi connectivity index (χ4n) is 2.90. The molecular formula is C17H26N2O2. The second-order valence-corrected chi connectivity index (χ2v) is 6.23. The molecule has 1 aromatic rings. The molecule has 0 spiro atoms. The Morgan fingerprint density at radius 1 is 1.19 bits per heavy atom. The Labute approximate surface area is 127 Å². The van der Waals surface area contributed by atoms with Gasteiger partial charge in [0.25, 0.3) is 0 Å². The van der Waals surface area contributed by atoms with Crippen LogP contribution in [0.2, 0.25) is 0 Å². The lowest BCUT2D eigenvalue weighted by atomic mass is 9.82. The highest BCUT2D eigenvalue weighted by Crippen LogP contribution is 2.30. The largest absolute Gasteiger partial charge is 0.384 e. The van der Waals surface area contributed by atoms with E-state index in [2.05, 4.69) is 18.7 Å². The maximum absolute atomic E-state index is 11.4. The number of piperazine rings is 1. The van der Waals surface area contributed by atoms with Crippen molar-refractivity contribution >= 4 is 5.91 Å². The first-order valence-electron chi connectivity index (χ1n) is 7.69. The molecule has 0 radical (unpaired) electrons. The molecule has 1 amide bonds. The summed E-state index contributed by atoms with van der Waals surface area (Å²) in [4.78, 5) is 15.5. The van der Waals surface area contributed by atoms with Crippen LogP contribution in [-0.2, 0) is 10.4 Å². The zero-order valence-electron chi connectivity index (χ0n) is 13.2. The molecule has 1 aliphatic heterocycles. The summed E-state index contributed by atoms with van der Waals surface area (Å²) in [5, 5.41) is 11.2. The lowest BCUT2D eigenvalue weighted by molar-refractivity contribution is -0.131. The lowest BCUT2D eigenvalue weighted by Crippen LogP contribution is -2.53. The van der Waals surface area contributed by atoms with Crippen molar-refractivity contribution in [3.05, 3.63) is 35.9 Å². The molecule has 116 valence electrons. The highest BCUT2D eigenvalue weighted by atomic mass is 16.3. The van der Waals surface area contributed by atoms with Crippen LogP contribution in [0.15, 0.2) is 30.3 Å². The third kappa shape index (κ3) is 3.63. The van der Waals surface area contributed by atoms with E-state index in [1.807, 2.05) is 35.2 Å². The van der Waals surface area contributed by atoms with Gasteiger partial charge >= 0.3 is 0 Å². The lowest BCUT2D eigenvalue weighted by Gasteiger charge is -2.41. The molecule has 0 aromatic heterocycles. The average Bonchev–Trinajstić information content (AvgIpc) is 2.48. The van der Waals surface area contributed by atoms with Crippen molar-refractivity contribution in [1.82, 2.24) is 9.80 Å². The minimum Gasteiger partial charge on any atom is -0.384 e. The fourth-order valence-corrected chi connectivity index (χ4v) is 2.90. The maximum Gasteiger partial charge on any atom is 0.219 e. The van der Waals surface area contributed by atoms with Crippen molar-refractivity contribution in [3.8, 4) is 0 Å². The van der Waals surface area contributed by atoms with Crippen LogP contribution in [0, 0.1) is 5.92 Å². The van der Waals surface area contributed by atoms with E-state index in [0.29, 0.717) is 6.54 Å². The summed E-state index contributed by atoms with van der Waals surface area (Å²) in [7, 11) is 0. The van der Waals surface area contributed by atoms with E-state index in [1.54, 1.807) is 6.92 Å². The summed E-state index contributed by atoms with van der Waals surface area (Å²) in [6.07, 6.45) is 0. The smallest absolute Gasteiger partial charge is 0.219 e. The Morgan fingerprint density at radius 3 is 2.24 bits per heavy atom. The average molecular weight is 290 g/mol. The van der Waals surface area contributed by atoms with E-state index in [9.17, 15) is 9.90 Å². The van der Waals surface area contributed by atoms with Gasteiger partial charge < -0.3 is 10.0 Å². The van der Waals surface area contributed by atoms with Gasteiger partial charge in [-0.2, -0.15) is 0 Å². The summed E-state index contributed by atoms with van der Waals surface area (Å²) in [5.41, 5.74) is 0.119. The fraction of sp³-hybridized carbons (Fsp3) is 0.588. The highest BCUT2D eigenvalue weighted by molar-refractivity contribution is 5.73. The number of benzene rings is 1. The zero-order chi connectivity index (χ0) is 15.5. The zero-order valence-corrected chi connectivity index (χ0v) is 13.2. The maximum atomic E-state index is 11.4. The standard InChI is InChI=1S/C17H26N2O2/c1-14(2)17(21,16-7-5-4-6-8-16)13-18-9-11-19(12-10-18)15(3)20/h4-8,14,21H,9-13H2,1-3H3. The summed E-state index contributed by atoms with van der Waals surface area (Å²) in [5.74, 6) is 0.266. The van der Waals surface area contributed by atoms with Crippen molar-refractivity contribution in [3.63, 3.8) is 0 Å². The predicted octanol–water partition coefficient (Wildman–Crippen LogP) is 1.69.